The Morgan fingerprint density at radius 3 is 3.11 bits per heavy atom. The van der Waals surface area contributed by atoms with Crippen molar-refractivity contribution < 1.29 is 9.53 Å². The molecule has 1 aromatic rings. The number of hydrogen-bond acceptors (Lipinski definition) is 3. The quantitative estimate of drug-likeness (QED) is 0.813. The van der Waals surface area contributed by atoms with E-state index in [4.69, 9.17) is 4.74 Å². The number of benzene rings is 1. The van der Waals surface area contributed by atoms with Gasteiger partial charge in [0.05, 0.1) is 6.61 Å². The minimum absolute atomic E-state index is 0.227. The molecule has 1 N–H and O–H groups in total. The summed E-state index contributed by atoms with van der Waals surface area (Å²) in [4.78, 5) is 12.2. The lowest BCUT2D eigenvalue weighted by Gasteiger charge is -2.22. The molecule has 0 amide bonds. The summed E-state index contributed by atoms with van der Waals surface area (Å²) in [6, 6.07) is 7.50. The number of hydrogen-bond donors (Lipinski definition) is 1. The zero-order chi connectivity index (χ0) is 12.8. The van der Waals surface area contributed by atoms with Gasteiger partial charge in [-0.25, -0.2) is 0 Å². The predicted octanol–water partition coefficient (Wildman–Crippen LogP) is 2.66. The van der Waals surface area contributed by atoms with Gasteiger partial charge in [-0.3, -0.25) is 4.79 Å². The molecule has 0 saturated carbocycles. The number of Topliss-reactive ketones (excluding diaryl/α,β-unsaturated/α-hetero) is 1. The molecule has 1 aromatic carbocycles. The van der Waals surface area contributed by atoms with Gasteiger partial charge >= 0.3 is 0 Å². The second-order valence-electron chi connectivity index (χ2n) is 4.80. The topological polar surface area (TPSA) is 38.3 Å². The Morgan fingerprint density at radius 2 is 2.39 bits per heavy atom. The fourth-order valence-corrected chi connectivity index (χ4v) is 2.40. The minimum Gasteiger partial charge on any atom is -0.494 e. The molecule has 3 heteroatoms. The first-order valence-corrected chi connectivity index (χ1v) is 6.76. The van der Waals surface area contributed by atoms with Gasteiger partial charge in [-0.05, 0) is 50.9 Å². The zero-order valence-corrected chi connectivity index (χ0v) is 10.9. The Morgan fingerprint density at radius 1 is 1.50 bits per heavy atom. The van der Waals surface area contributed by atoms with Crippen LogP contribution in [-0.2, 0) is 0 Å². The van der Waals surface area contributed by atoms with Crippen molar-refractivity contribution in [1.82, 2.24) is 5.32 Å². The van der Waals surface area contributed by atoms with Crippen molar-refractivity contribution in [3.05, 3.63) is 29.8 Å². The molecule has 1 heterocycles. The average molecular weight is 247 g/mol. The molecule has 0 aromatic heterocycles. The maximum absolute atomic E-state index is 12.2. The van der Waals surface area contributed by atoms with Gasteiger partial charge in [0.1, 0.15) is 5.75 Å². The van der Waals surface area contributed by atoms with Crippen molar-refractivity contribution in [2.24, 2.45) is 5.92 Å². The van der Waals surface area contributed by atoms with Gasteiger partial charge in [0.15, 0.2) is 5.78 Å². The number of carbonyl (C=O) groups is 1. The molecule has 1 fully saturated rings. The third-order valence-corrected chi connectivity index (χ3v) is 3.34. The average Bonchev–Trinajstić information content (AvgIpc) is 2.40. The first-order chi connectivity index (χ1) is 8.79. The zero-order valence-electron chi connectivity index (χ0n) is 10.9. The van der Waals surface area contributed by atoms with E-state index in [1.165, 1.54) is 6.42 Å². The lowest BCUT2D eigenvalue weighted by Crippen LogP contribution is -2.31. The second kappa shape index (κ2) is 6.55. The van der Waals surface area contributed by atoms with Gasteiger partial charge in [0, 0.05) is 12.0 Å². The van der Waals surface area contributed by atoms with Crippen LogP contribution in [0, 0.1) is 5.92 Å². The van der Waals surface area contributed by atoms with Crippen LogP contribution in [-0.4, -0.2) is 25.5 Å². The van der Waals surface area contributed by atoms with Crippen LogP contribution >= 0.6 is 0 Å². The largest absolute Gasteiger partial charge is 0.494 e. The molecule has 1 unspecified atom stereocenters. The lowest BCUT2D eigenvalue weighted by atomic mass is 9.92. The summed E-state index contributed by atoms with van der Waals surface area (Å²) >= 11 is 0. The molecule has 2 rings (SSSR count). The molecule has 3 nitrogen and oxygen atoms in total. The Labute approximate surface area is 109 Å². The van der Waals surface area contributed by atoms with Gasteiger partial charge in [-0.2, -0.15) is 0 Å². The second-order valence-corrected chi connectivity index (χ2v) is 4.80. The van der Waals surface area contributed by atoms with E-state index in [1.54, 1.807) is 0 Å². The Kier molecular flexibility index (Phi) is 4.76. The number of carbonyl (C=O) groups excluding carboxylic acids is 1. The van der Waals surface area contributed by atoms with E-state index < -0.39 is 0 Å². The lowest BCUT2D eigenvalue weighted by molar-refractivity contribution is 0.0953. The summed E-state index contributed by atoms with van der Waals surface area (Å²) in [5.41, 5.74) is 0.770. The number of rotatable bonds is 5. The highest BCUT2D eigenvalue weighted by atomic mass is 16.5. The van der Waals surface area contributed by atoms with Gasteiger partial charge < -0.3 is 10.1 Å². The van der Waals surface area contributed by atoms with Crippen LogP contribution in [0.1, 0.15) is 36.5 Å². The third-order valence-electron chi connectivity index (χ3n) is 3.34. The number of ether oxygens (including phenoxy) is 1. The third kappa shape index (κ3) is 3.57. The summed E-state index contributed by atoms with van der Waals surface area (Å²) in [5.74, 6) is 1.50. The van der Waals surface area contributed by atoms with E-state index in [-0.39, 0.29) is 5.78 Å². The fourth-order valence-electron chi connectivity index (χ4n) is 2.40. The van der Waals surface area contributed by atoms with E-state index in [0.29, 0.717) is 18.9 Å². The SMILES string of the molecule is CCOc1cccc(C(=O)CC2CCCNC2)c1. The summed E-state index contributed by atoms with van der Waals surface area (Å²) in [6.45, 7) is 4.63. The monoisotopic (exact) mass is 247 g/mol. The van der Waals surface area contributed by atoms with E-state index >= 15 is 0 Å². The number of piperidine rings is 1. The molecule has 1 aliphatic rings. The van der Waals surface area contributed by atoms with E-state index in [0.717, 1.165) is 30.8 Å². The standard InChI is InChI=1S/C15H21NO2/c1-2-18-14-7-3-6-13(10-14)15(17)9-12-5-4-8-16-11-12/h3,6-7,10,12,16H,2,4-5,8-9,11H2,1H3. The Bertz CT molecular complexity index is 397. The molecule has 0 aliphatic carbocycles. The highest BCUT2D eigenvalue weighted by Gasteiger charge is 2.17. The highest BCUT2D eigenvalue weighted by molar-refractivity contribution is 5.96. The normalized spacial score (nSPS) is 19.5. The predicted molar refractivity (Wildman–Crippen MR) is 72.2 cm³/mol. The number of nitrogens with one attached hydrogen (secondary N) is 1. The fraction of sp³-hybridized carbons (Fsp3) is 0.533. The van der Waals surface area contributed by atoms with E-state index in [9.17, 15) is 4.79 Å². The summed E-state index contributed by atoms with van der Waals surface area (Å²) in [5, 5.41) is 3.35. The molecule has 1 atom stereocenters. The number of ketones is 1. The molecule has 98 valence electrons. The van der Waals surface area contributed by atoms with Crippen LogP contribution in [0.2, 0.25) is 0 Å². The molecule has 1 saturated heterocycles. The van der Waals surface area contributed by atoms with Crippen molar-refractivity contribution in [2.75, 3.05) is 19.7 Å². The van der Waals surface area contributed by atoms with Crippen LogP contribution in [0.25, 0.3) is 0 Å². The van der Waals surface area contributed by atoms with Crippen molar-refractivity contribution in [3.8, 4) is 5.75 Å². The van der Waals surface area contributed by atoms with Crippen molar-refractivity contribution >= 4 is 5.78 Å². The van der Waals surface area contributed by atoms with Gasteiger partial charge in [0.2, 0.25) is 0 Å². The summed E-state index contributed by atoms with van der Waals surface area (Å²) in [7, 11) is 0. The van der Waals surface area contributed by atoms with Crippen LogP contribution in [0.3, 0.4) is 0 Å². The van der Waals surface area contributed by atoms with Crippen LogP contribution in [0.5, 0.6) is 5.75 Å². The van der Waals surface area contributed by atoms with Crippen LogP contribution < -0.4 is 10.1 Å². The maximum atomic E-state index is 12.2. The van der Waals surface area contributed by atoms with Gasteiger partial charge in [-0.15, -0.1) is 0 Å². The molecule has 18 heavy (non-hydrogen) atoms. The van der Waals surface area contributed by atoms with Crippen molar-refractivity contribution in [1.29, 1.82) is 0 Å². The van der Waals surface area contributed by atoms with Crippen molar-refractivity contribution in [2.45, 2.75) is 26.2 Å². The van der Waals surface area contributed by atoms with E-state index in [1.807, 2.05) is 31.2 Å². The minimum atomic E-state index is 0.227. The maximum Gasteiger partial charge on any atom is 0.163 e. The molecule has 0 radical (unpaired) electrons. The molecule has 0 spiro atoms. The Balaban J connectivity index is 1.96. The van der Waals surface area contributed by atoms with Crippen LogP contribution in [0.4, 0.5) is 0 Å². The highest BCUT2D eigenvalue weighted by Crippen LogP contribution is 2.19. The van der Waals surface area contributed by atoms with Gasteiger partial charge in [0.25, 0.3) is 0 Å². The molecular weight excluding hydrogens is 226 g/mol. The molecular formula is C15H21NO2. The van der Waals surface area contributed by atoms with E-state index in [2.05, 4.69) is 5.32 Å². The smallest absolute Gasteiger partial charge is 0.163 e. The summed E-state index contributed by atoms with van der Waals surface area (Å²) in [6.07, 6.45) is 2.98. The first-order valence-electron chi connectivity index (χ1n) is 6.76. The molecule has 1 aliphatic heterocycles. The molecule has 0 bridgehead atoms. The first kappa shape index (κ1) is 13.1. The Hall–Kier alpha value is -1.35. The van der Waals surface area contributed by atoms with Crippen molar-refractivity contribution in [3.63, 3.8) is 0 Å². The van der Waals surface area contributed by atoms with Gasteiger partial charge in [-0.1, -0.05) is 12.1 Å². The summed E-state index contributed by atoms with van der Waals surface area (Å²) < 4.78 is 5.42. The van der Waals surface area contributed by atoms with Crippen LogP contribution in [0.15, 0.2) is 24.3 Å².